The molecule has 0 heterocycles. The Balaban J connectivity index is 1.70. The topological polar surface area (TPSA) is 79.9 Å². The summed E-state index contributed by atoms with van der Waals surface area (Å²) in [5.41, 5.74) is 10.7. The standard InChI is InChI=1S/C19H23N3O2/c1-24-18-10-9-13(11-17(18)23)12-21-19(20)22-16-8-4-6-14-5-2-3-7-15(14)16/h4,6,8-11,23H,2-3,5,7,12H2,1H3,(H3,20,21,22). The first kappa shape index (κ1) is 16.2. The molecule has 0 atom stereocenters. The summed E-state index contributed by atoms with van der Waals surface area (Å²) in [5, 5.41) is 13.0. The number of phenols is 1. The van der Waals surface area contributed by atoms with Crippen molar-refractivity contribution in [3.63, 3.8) is 0 Å². The smallest absolute Gasteiger partial charge is 0.193 e. The Morgan fingerprint density at radius 1 is 1.25 bits per heavy atom. The number of guanidine groups is 1. The first-order valence-corrected chi connectivity index (χ1v) is 8.21. The molecule has 126 valence electrons. The zero-order chi connectivity index (χ0) is 16.9. The monoisotopic (exact) mass is 325 g/mol. The zero-order valence-corrected chi connectivity index (χ0v) is 13.9. The molecule has 0 aliphatic heterocycles. The molecule has 2 aromatic carbocycles. The van der Waals surface area contributed by atoms with Crippen molar-refractivity contribution in [1.29, 1.82) is 0 Å². The lowest BCUT2D eigenvalue weighted by molar-refractivity contribution is 0.373. The van der Waals surface area contributed by atoms with Crippen LogP contribution < -0.4 is 15.8 Å². The molecule has 5 nitrogen and oxygen atoms in total. The van der Waals surface area contributed by atoms with E-state index in [4.69, 9.17) is 10.5 Å². The summed E-state index contributed by atoms with van der Waals surface area (Å²) in [6.45, 7) is 0.394. The molecule has 0 amide bonds. The van der Waals surface area contributed by atoms with Crippen LogP contribution in [0.25, 0.3) is 0 Å². The molecule has 0 saturated heterocycles. The highest BCUT2D eigenvalue weighted by Gasteiger charge is 2.13. The summed E-state index contributed by atoms with van der Waals surface area (Å²) in [7, 11) is 1.52. The molecule has 0 unspecified atom stereocenters. The quantitative estimate of drug-likeness (QED) is 0.596. The molecule has 1 aliphatic carbocycles. The summed E-state index contributed by atoms with van der Waals surface area (Å²) < 4.78 is 5.03. The van der Waals surface area contributed by atoms with Gasteiger partial charge in [0.25, 0.3) is 0 Å². The number of anilines is 1. The maximum Gasteiger partial charge on any atom is 0.193 e. The number of nitrogens with one attached hydrogen (secondary N) is 1. The molecule has 4 N–H and O–H groups in total. The average molecular weight is 325 g/mol. The van der Waals surface area contributed by atoms with Crippen molar-refractivity contribution in [3.05, 3.63) is 53.1 Å². The van der Waals surface area contributed by atoms with Gasteiger partial charge in [-0.2, -0.15) is 0 Å². The van der Waals surface area contributed by atoms with Crippen LogP contribution in [-0.4, -0.2) is 18.2 Å². The number of phenolic OH excluding ortho intramolecular Hbond substituents is 1. The van der Waals surface area contributed by atoms with E-state index in [1.165, 1.54) is 31.1 Å². The minimum Gasteiger partial charge on any atom is -0.504 e. The van der Waals surface area contributed by atoms with Crippen LogP contribution in [-0.2, 0) is 19.4 Å². The van der Waals surface area contributed by atoms with Crippen molar-refractivity contribution >= 4 is 11.6 Å². The van der Waals surface area contributed by atoms with Crippen LogP contribution in [0, 0.1) is 0 Å². The number of methoxy groups -OCH3 is 1. The molecule has 0 radical (unpaired) electrons. The molecule has 0 fully saturated rings. The van der Waals surface area contributed by atoms with Crippen LogP contribution in [0.4, 0.5) is 5.69 Å². The maximum absolute atomic E-state index is 9.80. The molecule has 3 rings (SSSR count). The third-order valence-electron chi connectivity index (χ3n) is 4.33. The number of ether oxygens (including phenoxy) is 1. The first-order valence-electron chi connectivity index (χ1n) is 8.21. The Bertz CT molecular complexity index is 756. The van der Waals surface area contributed by atoms with Gasteiger partial charge in [0.15, 0.2) is 17.5 Å². The predicted octanol–water partition coefficient (Wildman–Crippen LogP) is 3.21. The lowest BCUT2D eigenvalue weighted by atomic mass is 9.90. The molecule has 0 saturated carbocycles. The van der Waals surface area contributed by atoms with Gasteiger partial charge in [-0.1, -0.05) is 18.2 Å². The second-order valence-electron chi connectivity index (χ2n) is 5.98. The number of hydrogen-bond acceptors (Lipinski definition) is 3. The van der Waals surface area contributed by atoms with Gasteiger partial charge >= 0.3 is 0 Å². The van der Waals surface area contributed by atoms with E-state index in [0.717, 1.165) is 24.1 Å². The molecule has 24 heavy (non-hydrogen) atoms. The Morgan fingerprint density at radius 3 is 2.88 bits per heavy atom. The first-order chi connectivity index (χ1) is 11.7. The van der Waals surface area contributed by atoms with Crippen LogP contribution in [0.2, 0.25) is 0 Å². The van der Waals surface area contributed by atoms with Crippen LogP contribution in [0.5, 0.6) is 11.5 Å². The zero-order valence-electron chi connectivity index (χ0n) is 13.9. The van der Waals surface area contributed by atoms with Gasteiger partial charge in [-0.15, -0.1) is 0 Å². The number of nitrogens with two attached hydrogens (primary N) is 1. The Labute approximate surface area is 142 Å². The van der Waals surface area contributed by atoms with E-state index < -0.39 is 0 Å². The highest BCUT2D eigenvalue weighted by Crippen LogP contribution is 2.28. The lowest BCUT2D eigenvalue weighted by Crippen LogP contribution is -2.24. The van der Waals surface area contributed by atoms with Gasteiger partial charge in [0.2, 0.25) is 0 Å². The highest BCUT2D eigenvalue weighted by molar-refractivity contribution is 5.93. The van der Waals surface area contributed by atoms with Crippen LogP contribution >= 0.6 is 0 Å². The van der Waals surface area contributed by atoms with E-state index in [1.807, 2.05) is 12.1 Å². The minimum absolute atomic E-state index is 0.105. The van der Waals surface area contributed by atoms with Gasteiger partial charge in [-0.25, -0.2) is 4.99 Å². The molecule has 2 aromatic rings. The number of rotatable bonds is 4. The fourth-order valence-electron chi connectivity index (χ4n) is 3.09. The third-order valence-corrected chi connectivity index (χ3v) is 4.33. The molecule has 5 heteroatoms. The van der Waals surface area contributed by atoms with E-state index in [2.05, 4.69) is 22.4 Å². The summed E-state index contributed by atoms with van der Waals surface area (Å²) in [4.78, 5) is 4.37. The van der Waals surface area contributed by atoms with Crippen molar-refractivity contribution in [3.8, 4) is 11.5 Å². The SMILES string of the molecule is COc1ccc(CN=C(N)Nc2cccc3c2CCCC3)cc1O. The van der Waals surface area contributed by atoms with E-state index in [-0.39, 0.29) is 5.75 Å². The van der Waals surface area contributed by atoms with Gasteiger partial charge in [0.05, 0.1) is 13.7 Å². The number of benzene rings is 2. The fourth-order valence-corrected chi connectivity index (χ4v) is 3.09. The molecular formula is C19H23N3O2. The second-order valence-corrected chi connectivity index (χ2v) is 5.98. The largest absolute Gasteiger partial charge is 0.504 e. The number of fused-ring (bicyclic) bond motifs is 1. The predicted molar refractivity (Wildman–Crippen MR) is 96.7 cm³/mol. The second kappa shape index (κ2) is 7.25. The van der Waals surface area contributed by atoms with Gasteiger partial charge in [-0.05, 0) is 60.6 Å². The van der Waals surface area contributed by atoms with E-state index in [9.17, 15) is 5.11 Å². The van der Waals surface area contributed by atoms with E-state index >= 15 is 0 Å². The van der Waals surface area contributed by atoms with E-state index in [1.54, 1.807) is 12.1 Å². The Hall–Kier alpha value is -2.69. The number of nitrogens with zero attached hydrogens (tertiary/aromatic N) is 1. The summed E-state index contributed by atoms with van der Waals surface area (Å²) in [5.74, 6) is 0.933. The molecule has 0 spiro atoms. The molecular weight excluding hydrogens is 302 g/mol. The molecule has 0 bridgehead atoms. The van der Waals surface area contributed by atoms with Crippen molar-refractivity contribution in [2.24, 2.45) is 10.7 Å². The van der Waals surface area contributed by atoms with Crippen molar-refractivity contribution in [1.82, 2.24) is 0 Å². The minimum atomic E-state index is 0.105. The van der Waals surface area contributed by atoms with Crippen molar-refractivity contribution < 1.29 is 9.84 Å². The lowest BCUT2D eigenvalue weighted by Gasteiger charge is -2.19. The van der Waals surface area contributed by atoms with Crippen LogP contribution in [0.15, 0.2) is 41.4 Å². The van der Waals surface area contributed by atoms with Crippen LogP contribution in [0.1, 0.15) is 29.5 Å². The van der Waals surface area contributed by atoms with Gasteiger partial charge < -0.3 is 20.9 Å². The number of hydrogen-bond donors (Lipinski definition) is 3. The Morgan fingerprint density at radius 2 is 2.08 bits per heavy atom. The van der Waals surface area contributed by atoms with Crippen LogP contribution in [0.3, 0.4) is 0 Å². The average Bonchev–Trinajstić information content (AvgIpc) is 2.60. The third kappa shape index (κ3) is 3.62. The summed E-state index contributed by atoms with van der Waals surface area (Å²) >= 11 is 0. The van der Waals surface area contributed by atoms with E-state index in [0.29, 0.717) is 18.3 Å². The molecule has 1 aliphatic rings. The fraction of sp³-hybridized carbons (Fsp3) is 0.316. The normalized spacial score (nSPS) is 14.1. The number of aromatic hydroxyl groups is 1. The summed E-state index contributed by atoms with van der Waals surface area (Å²) in [6.07, 6.45) is 4.68. The maximum atomic E-state index is 9.80. The number of aryl methyl sites for hydroxylation is 1. The highest BCUT2D eigenvalue weighted by atomic mass is 16.5. The van der Waals surface area contributed by atoms with Gasteiger partial charge in [-0.3, -0.25) is 0 Å². The Kier molecular flexibility index (Phi) is 4.89. The van der Waals surface area contributed by atoms with Gasteiger partial charge in [0.1, 0.15) is 0 Å². The number of aliphatic imine (C=N–C) groups is 1. The van der Waals surface area contributed by atoms with Crippen molar-refractivity contribution in [2.75, 3.05) is 12.4 Å². The summed E-state index contributed by atoms with van der Waals surface area (Å²) in [6, 6.07) is 11.5. The van der Waals surface area contributed by atoms with Crippen molar-refractivity contribution in [2.45, 2.75) is 32.2 Å². The molecule has 0 aromatic heterocycles. The van der Waals surface area contributed by atoms with Gasteiger partial charge in [0, 0.05) is 5.69 Å².